The Hall–Kier alpha value is -1.31. The van der Waals surface area contributed by atoms with Crippen molar-refractivity contribution >= 4 is 26.8 Å². The SMILES string of the molecule is N#Cc1c(Br)[nH]c2ccc(C3CCNCC3)cc12. The zero-order valence-corrected chi connectivity index (χ0v) is 11.5. The van der Waals surface area contributed by atoms with Crippen LogP contribution in [0.5, 0.6) is 0 Å². The molecule has 1 aliphatic heterocycles. The van der Waals surface area contributed by atoms with Gasteiger partial charge in [0.2, 0.25) is 0 Å². The van der Waals surface area contributed by atoms with Crippen molar-refractivity contribution in [2.24, 2.45) is 0 Å². The van der Waals surface area contributed by atoms with Crippen molar-refractivity contribution in [1.82, 2.24) is 10.3 Å². The van der Waals surface area contributed by atoms with Crippen LogP contribution in [0.2, 0.25) is 0 Å². The predicted molar refractivity (Wildman–Crippen MR) is 75.6 cm³/mol. The van der Waals surface area contributed by atoms with Gasteiger partial charge in [0.1, 0.15) is 10.7 Å². The second-order valence-electron chi connectivity index (χ2n) is 4.76. The molecule has 0 aliphatic carbocycles. The van der Waals surface area contributed by atoms with Crippen molar-refractivity contribution in [2.45, 2.75) is 18.8 Å². The third-order valence-corrected chi connectivity index (χ3v) is 4.29. The maximum Gasteiger partial charge on any atom is 0.103 e. The first-order valence-corrected chi connectivity index (χ1v) is 7.01. The minimum atomic E-state index is 0.621. The third kappa shape index (κ3) is 1.94. The number of fused-ring (bicyclic) bond motifs is 1. The first-order chi connectivity index (χ1) is 8.79. The molecule has 92 valence electrons. The Morgan fingerprint density at radius 1 is 1.28 bits per heavy atom. The van der Waals surface area contributed by atoms with E-state index in [1.54, 1.807) is 0 Å². The van der Waals surface area contributed by atoms with Crippen molar-refractivity contribution in [3.63, 3.8) is 0 Å². The molecule has 1 fully saturated rings. The second kappa shape index (κ2) is 4.75. The van der Waals surface area contributed by atoms with E-state index in [1.807, 2.05) is 0 Å². The lowest BCUT2D eigenvalue weighted by Gasteiger charge is -2.23. The highest BCUT2D eigenvalue weighted by Gasteiger charge is 2.17. The summed E-state index contributed by atoms with van der Waals surface area (Å²) < 4.78 is 0.780. The van der Waals surface area contributed by atoms with E-state index < -0.39 is 0 Å². The van der Waals surface area contributed by atoms with Crippen molar-refractivity contribution < 1.29 is 0 Å². The number of rotatable bonds is 1. The molecule has 1 aromatic heterocycles. The largest absolute Gasteiger partial charge is 0.348 e. The van der Waals surface area contributed by atoms with Crippen molar-refractivity contribution in [2.75, 3.05) is 13.1 Å². The minimum Gasteiger partial charge on any atom is -0.348 e. The molecular formula is C14H14BrN3. The number of H-pyrrole nitrogens is 1. The Labute approximate surface area is 114 Å². The zero-order chi connectivity index (χ0) is 12.5. The summed E-state index contributed by atoms with van der Waals surface area (Å²) in [7, 11) is 0. The van der Waals surface area contributed by atoms with E-state index in [9.17, 15) is 5.26 Å². The van der Waals surface area contributed by atoms with Gasteiger partial charge >= 0.3 is 0 Å². The number of nitriles is 1. The molecule has 1 saturated heterocycles. The molecule has 4 heteroatoms. The molecule has 18 heavy (non-hydrogen) atoms. The topological polar surface area (TPSA) is 51.6 Å². The van der Waals surface area contributed by atoms with Gasteiger partial charge in [-0.1, -0.05) is 6.07 Å². The Bertz CT molecular complexity index is 618. The van der Waals surface area contributed by atoms with E-state index in [-0.39, 0.29) is 0 Å². The zero-order valence-electron chi connectivity index (χ0n) is 9.96. The summed E-state index contributed by atoms with van der Waals surface area (Å²) >= 11 is 3.40. The Balaban J connectivity index is 2.07. The van der Waals surface area contributed by atoms with E-state index in [2.05, 4.69) is 50.5 Å². The number of halogens is 1. The van der Waals surface area contributed by atoms with Gasteiger partial charge in [-0.2, -0.15) is 5.26 Å². The fraction of sp³-hybridized carbons (Fsp3) is 0.357. The van der Waals surface area contributed by atoms with E-state index in [4.69, 9.17) is 0 Å². The van der Waals surface area contributed by atoms with E-state index >= 15 is 0 Å². The highest BCUT2D eigenvalue weighted by atomic mass is 79.9. The van der Waals surface area contributed by atoms with Gasteiger partial charge in [-0.3, -0.25) is 0 Å². The Kier molecular flexibility index (Phi) is 3.11. The first-order valence-electron chi connectivity index (χ1n) is 6.21. The quantitative estimate of drug-likeness (QED) is 0.849. The Morgan fingerprint density at radius 2 is 2.06 bits per heavy atom. The average Bonchev–Trinajstić information content (AvgIpc) is 2.74. The number of hydrogen-bond donors (Lipinski definition) is 2. The number of hydrogen-bond acceptors (Lipinski definition) is 2. The van der Waals surface area contributed by atoms with E-state index in [1.165, 1.54) is 18.4 Å². The standard InChI is InChI=1S/C14H14BrN3/c15-14-12(8-16)11-7-10(1-2-13(11)18-14)9-3-5-17-6-4-9/h1-2,7,9,17-18H,3-6H2. The number of piperidine rings is 1. The van der Waals surface area contributed by atoms with Crippen LogP contribution in [0.1, 0.15) is 29.9 Å². The fourth-order valence-electron chi connectivity index (χ4n) is 2.70. The molecule has 0 amide bonds. The molecule has 1 aliphatic rings. The van der Waals surface area contributed by atoms with Crippen molar-refractivity contribution in [1.29, 1.82) is 5.26 Å². The highest BCUT2D eigenvalue weighted by molar-refractivity contribution is 9.10. The summed E-state index contributed by atoms with van der Waals surface area (Å²) in [5.74, 6) is 0.621. The number of aromatic nitrogens is 1. The molecular weight excluding hydrogens is 290 g/mol. The fourth-order valence-corrected chi connectivity index (χ4v) is 3.21. The summed E-state index contributed by atoms with van der Waals surface area (Å²) in [6.45, 7) is 2.18. The van der Waals surface area contributed by atoms with E-state index in [0.29, 0.717) is 11.5 Å². The smallest absolute Gasteiger partial charge is 0.103 e. The van der Waals surface area contributed by atoms with Crippen LogP contribution in [0.25, 0.3) is 10.9 Å². The summed E-state index contributed by atoms with van der Waals surface area (Å²) in [6.07, 6.45) is 2.36. The molecule has 0 atom stereocenters. The van der Waals surface area contributed by atoms with Crippen LogP contribution < -0.4 is 5.32 Å². The molecule has 0 bridgehead atoms. The highest BCUT2D eigenvalue weighted by Crippen LogP contribution is 2.31. The normalized spacial score (nSPS) is 16.9. The van der Waals surface area contributed by atoms with Crippen LogP contribution in [0.4, 0.5) is 0 Å². The number of benzene rings is 1. The van der Waals surface area contributed by atoms with Gasteiger partial charge in [-0.25, -0.2) is 0 Å². The summed E-state index contributed by atoms with van der Waals surface area (Å²) in [5, 5.41) is 13.6. The second-order valence-corrected chi connectivity index (χ2v) is 5.55. The monoisotopic (exact) mass is 303 g/mol. The maximum atomic E-state index is 9.20. The number of nitrogens with zero attached hydrogens (tertiary/aromatic N) is 1. The van der Waals surface area contributed by atoms with Crippen LogP contribution in [-0.4, -0.2) is 18.1 Å². The van der Waals surface area contributed by atoms with Gasteiger partial charge in [0.05, 0.1) is 5.56 Å². The number of aromatic amines is 1. The van der Waals surface area contributed by atoms with Gasteiger partial charge in [-0.15, -0.1) is 0 Å². The molecule has 0 saturated carbocycles. The van der Waals surface area contributed by atoms with E-state index in [0.717, 1.165) is 28.6 Å². The Morgan fingerprint density at radius 3 is 2.78 bits per heavy atom. The average molecular weight is 304 g/mol. The molecule has 2 N–H and O–H groups in total. The van der Waals surface area contributed by atoms with Crippen LogP contribution >= 0.6 is 15.9 Å². The molecule has 2 aromatic rings. The summed E-state index contributed by atoms with van der Waals surface area (Å²) in [4.78, 5) is 3.19. The van der Waals surface area contributed by atoms with Crippen LogP contribution in [0, 0.1) is 11.3 Å². The molecule has 0 unspecified atom stereocenters. The molecule has 3 nitrogen and oxygen atoms in total. The van der Waals surface area contributed by atoms with Gasteiger partial charge < -0.3 is 10.3 Å². The predicted octanol–water partition coefficient (Wildman–Crippen LogP) is 3.27. The van der Waals surface area contributed by atoms with Crippen LogP contribution in [-0.2, 0) is 0 Å². The van der Waals surface area contributed by atoms with Gasteiger partial charge in [-0.05, 0) is 65.5 Å². The van der Waals surface area contributed by atoms with Crippen molar-refractivity contribution in [3.05, 3.63) is 33.9 Å². The molecule has 2 heterocycles. The molecule has 3 rings (SSSR count). The lowest BCUT2D eigenvalue weighted by atomic mass is 9.89. The van der Waals surface area contributed by atoms with Gasteiger partial charge in [0.15, 0.2) is 0 Å². The third-order valence-electron chi connectivity index (χ3n) is 3.70. The summed E-state index contributed by atoms with van der Waals surface area (Å²) in [6, 6.07) is 8.69. The number of nitrogens with one attached hydrogen (secondary N) is 2. The van der Waals surface area contributed by atoms with Crippen LogP contribution in [0.3, 0.4) is 0 Å². The van der Waals surface area contributed by atoms with Gasteiger partial charge in [0, 0.05) is 10.9 Å². The lowest BCUT2D eigenvalue weighted by molar-refractivity contribution is 0.460. The first kappa shape index (κ1) is 11.8. The maximum absolute atomic E-state index is 9.20. The van der Waals surface area contributed by atoms with Crippen molar-refractivity contribution in [3.8, 4) is 6.07 Å². The molecule has 0 spiro atoms. The van der Waals surface area contributed by atoms with Crippen LogP contribution in [0.15, 0.2) is 22.8 Å². The summed E-state index contributed by atoms with van der Waals surface area (Å²) in [5.41, 5.74) is 3.09. The minimum absolute atomic E-state index is 0.621. The molecule has 1 aromatic carbocycles. The lowest BCUT2D eigenvalue weighted by Crippen LogP contribution is -2.26. The van der Waals surface area contributed by atoms with Gasteiger partial charge in [0.25, 0.3) is 0 Å². The molecule has 0 radical (unpaired) electrons.